The summed E-state index contributed by atoms with van der Waals surface area (Å²) in [4.78, 5) is 2.39. The third-order valence-corrected chi connectivity index (χ3v) is 16.1. The van der Waals surface area contributed by atoms with Gasteiger partial charge in [-0.2, -0.15) is 0 Å². The first-order valence-electron chi connectivity index (χ1n) is 24.9. The van der Waals surface area contributed by atoms with E-state index in [1.54, 1.807) is 0 Å². The van der Waals surface area contributed by atoms with Crippen molar-refractivity contribution in [1.29, 1.82) is 0 Å². The van der Waals surface area contributed by atoms with E-state index in [1.807, 2.05) is 12.1 Å². The van der Waals surface area contributed by atoms with Crippen molar-refractivity contribution in [3.05, 3.63) is 305 Å². The summed E-state index contributed by atoms with van der Waals surface area (Å²) >= 11 is 0. The number of hydrogen-bond acceptors (Lipinski definition) is 3. The van der Waals surface area contributed by atoms with E-state index < -0.39 is 10.8 Å². The minimum Gasteiger partial charge on any atom is -0.457 e. The second-order valence-electron chi connectivity index (χ2n) is 19.5. The number of ether oxygens (including phenoxy) is 1. The predicted molar refractivity (Wildman–Crippen MR) is 294 cm³/mol. The van der Waals surface area contributed by atoms with E-state index in [1.165, 1.54) is 66.8 Å². The highest BCUT2D eigenvalue weighted by molar-refractivity contribution is 6.13. The Morgan fingerprint density at radius 3 is 1.57 bits per heavy atom. The molecule has 0 bridgehead atoms. The number of hydrogen-bond donors (Lipinski definition) is 0. The number of benzene rings is 10. The Balaban J connectivity index is 0.950. The SMILES string of the molecule is C=C/C=C(\C=C(/C)c1ccc2c(c1)-c1ccccc1C21c2ccccc2-c2ccccc21)N(c1ccc2c(c1)C1(c3ccccc3O2)c2ccccc2-c2ccccc21)c1cccc2oc3ccccc3c12. The third kappa shape index (κ3) is 5.29. The first-order valence-corrected chi connectivity index (χ1v) is 24.9. The third-order valence-electron chi connectivity index (χ3n) is 16.1. The Labute approximate surface area is 418 Å². The molecule has 0 saturated carbocycles. The van der Waals surface area contributed by atoms with Gasteiger partial charge in [-0.25, -0.2) is 0 Å². The lowest BCUT2D eigenvalue weighted by Crippen LogP contribution is -2.32. The number of allylic oxidation sites excluding steroid dienone is 4. The molecule has 1 aliphatic heterocycles. The van der Waals surface area contributed by atoms with Gasteiger partial charge in [-0.1, -0.05) is 189 Å². The van der Waals surface area contributed by atoms with Crippen LogP contribution in [0.25, 0.3) is 60.9 Å². The largest absolute Gasteiger partial charge is 0.457 e. The molecule has 15 rings (SSSR count). The van der Waals surface area contributed by atoms with E-state index in [2.05, 4.69) is 249 Å². The minimum absolute atomic E-state index is 0.402. The standard InChI is InChI=1S/C69H45NO2/c1-3-19-45(40-43(2)44-36-38-59-53(41-44)51-24-8-14-30-58(51)68(59)54-26-10-4-20-47(54)48-21-5-11-27-55(48)68)70(62-32-18-35-66-67(62)52-25-9-16-33-63(52)71-66)46-37-39-65-61(42-46)69(60-31-15-17-34-64(60)72-65)56-28-12-6-22-49(56)50-23-7-13-29-57(50)69/h3-42H,1H2,2H3/b43-40+,45-19+. The summed E-state index contributed by atoms with van der Waals surface area (Å²) in [6.07, 6.45) is 6.36. The summed E-state index contributed by atoms with van der Waals surface area (Å²) in [5.74, 6) is 1.70. The molecule has 2 heterocycles. The topological polar surface area (TPSA) is 25.6 Å². The Morgan fingerprint density at radius 2 is 0.944 bits per heavy atom. The Hall–Kier alpha value is -9.18. The summed E-state index contributed by atoms with van der Waals surface area (Å²) in [7, 11) is 0. The molecule has 11 aromatic rings. The molecular formula is C69H45NO2. The summed E-state index contributed by atoms with van der Waals surface area (Å²) in [5.41, 5.74) is 23.5. The zero-order chi connectivity index (χ0) is 47.7. The van der Waals surface area contributed by atoms with E-state index >= 15 is 0 Å². The lowest BCUT2D eigenvalue weighted by molar-refractivity contribution is 0.436. The number of para-hydroxylation sites is 2. The molecule has 0 amide bonds. The van der Waals surface area contributed by atoms with Crippen molar-refractivity contribution in [1.82, 2.24) is 0 Å². The molecule has 0 N–H and O–H groups in total. The van der Waals surface area contributed by atoms with Gasteiger partial charge in [-0.05, 0) is 146 Å². The van der Waals surface area contributed by atoms with E-state index in [9.17, 15) is 0 Å². The molecule has 0 atom stereocenters. The van der Waals surface area contributed by atoms with Crippen molar-refractivity contribution in [2.45, 2.75) is 17.8 Å². The molecule has 338 valence electrons. The van der Waals surface area contributed by atoms with Crippen LogP contribution in [0.2, 0.25) is 0 Å². The molecule has 0 unspecified atom stereocenters. The van der Waals surface area contributed by atoms with Gasteiger partial charge in [0.15, 0.2) is 0 Å². The van der Waals surface area contributed by atoms with Crippen LogP contribution in [-0.2, 0) is 10.8 Å². The van der Waals surface area contributed by atoms with Crippen LogP contribution in [0.4, 0.5) is 11.4 Å². The number of fused-ring (bicyclic) bond motifs is 22. The van der Waals surface area contributed by atoms with Crippen molar-refractivity contribution < 1.29 is 9.15 Å². The highest BCUT2D eigenvalue weighted by atomic mass is 16.5. The fraction of sp³-hybridized carbons (Fsp3) is 0.0435. The lowest BCUT2D eigenvalue weighted by Gasteiger charge is -2.40. The first-order chi connectivity index (χ1) is 35.6. The zero-order valence-corrected chi connectivity index (χ0v) is 39.6. The fourth-order valence-corrected chi connectivity index (χ4v) is 13.3. The van der Waals surface area contributed by atoms with Crippen LogP contribution < -0.4 is 9.64 Å². The molecule has 0 fully saturated rings. The van der Waals surface area contributed by atoms with Gasteiger partial charge in [-0.3, -0.25) is 0 Å². The van der Waals surface area contributed by atoms with Gasteiger partial charge in [0.05, 0.1) is 21.9 Å². The van der Waals surface area contributed by atoms with Crippen LogP contribution in [0.15, 0.2) is 259 Å². The number of nitrogens with zero attached hydrogens (tertiary/aromatic N) is 1. The smallest absolute Gasteiger partial charge is 0.137 e. The van der Waals surface area contributed by atoms with Gasteiger partial charge in [-0.15, -0.1) is 0 Å². The molecule has 72 heavy (non-hydrogen) atoms. The predicted octanol–water partition coefficient (Wildman–Crippen LogP) is 17.7. The highest BCUT2D eigenvalue weighted by Crippen LogP contribution is 2.64. The van der Waals surface area contributed by atoms with Gasteiger partial charge in [0.25, 0.3) is 0 Å². The van der Waals surface area contributed by atoms with Gasteiger partial charge in [0.1, 0.15) is 22.7 Å². The molecule has 3 aliphatic carbocycles. The average molecular weight is 920 g/mol. The van der Waals surface area contributed by atoms with Gasteiger partial charge >= 0.3 is 0 Å². The number of furan rings is 1. The molecular weight excluding hydrogens is 875 g/mol. The Kier molecular flexibility index (Phi) is 8.57. The fourth-order valence-electron chi connectivity index (χ4n) is 13.3. The number of anilines is 2. The second-order valence-corrected chi connectivity index (χ2v) is 19.5. The van der Waals surface area contributed by atoms with E-state index in [0.29, 0.717) is 0 Å². The normalized spacial score (nSPS) is 14.7. The molecule has 10 aromatic carbocycles. The van der Waals surface area contributed by atoms with Crippen LogP contribution in [0.1, 0.15) is 57.0 Å². The van der Waals surface area contributed by atoms with E-state index in [-0.39, 0.29) is 0 Å². The van der Waals surface area contributed by atoms with Crippen LogP contribution in [0, 0.1) is 0 Å². The summed E-state index contributed by atoms with van der Waals surface area (Å²) < 4.78 is 13.5. The van der Waals surface area contributed by atoms with Crippen LogP contribution in [0.3, 0.4) is 0 Å². The molecule has 0 saturated heterocycles. The highest BCUT2D eigenvalue weighted by Gasteiger charge is 2.53. The van der Waals surface area contributed by atoms with E-state index in [4.69, 9.17) is 9.15 Å². The lowest BCUT2D eigenvalue weighted by atomic mass is 9.66. The summed E-state index contributed by atoms with van der Waals surface area (Å²) in [6, 6.07) is 82.0. The number of rotatable bonds is 6. The monoisotopic (exact) mass is 919 g/mol. The van der Waals surface area contributed by atoms with Gasteiger partial charge in [0, 0.05) is 27.9 Å². The maximum atomic E-state index is 6.94. The molecule has 1 aromatic heterocycles. The molecule has 0 radical (unpaired) electrons. The van der Waals surface area contributed by atoms with E-state index in [0.717, 1.165) is 72.8 Å². The van der Waals surface area contributed by atoms with Crippen LogP contribution >= 0.6 is 0 Å². The molecule has 2 spiro atoms. The maximum Gasteiger partial charge on any atom is 0.137 e. The minimum atomic E-state index is -0.639. The van der Waals surface area contributed by atoms with Crippen molar-refractivity contribution in [3.63, 3.8) is 0 Å². The summed E-state index contributed by atoms with van der Waals surface area (Å²) in [5, 5.41) is 2.09. The Morgan fingerprint density at radius 1 is 0.444 bits per heavy atom. The average Bonchev–Trinajstić information content (AvgIpc) is 4.15. The van der Waals surface area contributed by atoms with Crippen molar-refractivity contribution in [2.24, 2.45) is 0 Å². The molecule has 3 heteroatoms. The maximum absolute atomic E-state index is 6.94. The molecule has 3 nitrogen and oxygen atoms in total. The second kappa shape index (κ2) is 15.2. The molecule has 4 aliphatic rings. The van der Waals surface area contributed by atoms with Crippen LogP contribution in [0.5, 0.6) is 11.5 Å². The quantitative estimate of drug-likeness (QED) is 0.155. The van der Waals surface area contributed by atoms with Gasteiger partial charge < -0.3 is 14.1 Å². The van der Waals surface area contributed by atoms with Crippen molar-refractivity contribution in [2.75, 3.05) is 4.90 Å². The van der Waals surface area contributed by atoms with Crippen molar-refractivity contribution >= 4 is 38.9 Å². The first kappa shape index (κ1) is 40.7. The van der Waals surface area contributed by atoms with Crippen LogP contribution in [-0.4, -0.2) is 0 Å². The van der Waals surface area contributed by atoms with Gasteiger partial charge in [0.2, 0.25) is 0 Å². The zero-order valence-electron chi connectivity index (χ0n) is 39.6. The summed E-state index contributed by atoms with van der Waals surface area (Å²) in [6.45, 7) is 6.57. The van der Waals surface area contributed by atoms with Crippen molar-refractivity contribution in [3.8, 4) is 44.9 Å². The Bertz CT molecular complexity index is 4110.